The maximum absolute atomic E-state index is 11.2. The fourth-order valence-corrected chi connectivity index (χ4v) is 3.88. The highest BCUT2D eigenvalue weighted by atomic mass is 16.4. The molecule has 3 nitrogen and oxygen atoms in total. The van der Waals surface area contributed by atoms with Gasteiger partial charge in [-0.1, -0.05) is 20.8 Å². The molecule has 0 aromatic heterocycles. The maximum Gasteiger partial charge on any atom is 0.308 e. The Balaban J connectivity index is 1.91. The van der Waals surface area contributed by atoms with Crippen LogP contribution in [0.4, 0.5) is 0 Å². The lowest BCUT2D eigenvalue weighted by Gasteiger charge is -2.39. The van der Waals surface area contributed by atoms with Gasteiger partial charge in [0.25, 0.3) is 0 Å². The molecule has 2 atom stereocenters. The first-order valence-corrected chi connectivity index (χ1v) is 7.33. The van der Waals surface area contributed by atoms with Gasteiger partial charge in [0.2, 0.25) is 0 Å². The van der Waals surface area contributed by atoms with Crippen molar-refractivity contribution in [3.8, 4) is 0 Å². The van der Waals surface area contributed by atoms with Gasteiger partial charge in [-0.25, -0.2) is 0 Å². The summed E-state index contributed by atoms with van der Waals surface area (Å²) < 4.78 is 0. The first-order chi connectivity index (χ1) is 8.39. The van der Waals surface area contributed by atoms with Crippen LogP contribution in [-0.2, 0) is 4.79 Å². The molecule has 0 aromatic rings. The molecular weight excluding hydrogens is 226 g/mol. The van der Waals surface area contributed by atoms with Gasteiger partial charge in [-0.05, 0) is 55.4 Å². The van der Waals surface area contributed by atoms with E-state index in [0.717, 1.165) is 12.5 Å². The Hall–Kier alpha value is -0.570. The van der Waals surface area contributed by atoms with E-state index in [-0.39, 0.29) is 5.92 Å². The number of nitrogens with one attached hydrogen (secondary N) is 1. The summed E-state index contributed by atoms with van der Waals surface area (Å²) in [4.78, 5) is 11.2. The summed E-state index contributed by atoms with van der Waals surface area (Å²) >= 11 is 0. The van der Waals surface area contributed by atoms with Gasteiger partial charge in [0.05, 0.1) is 5.92 Å². The molecule has 0 aromatic carbocycles. The zero-order valence-corrected chi connectivity index (χ0v) is 11.9. The molecule has 0 bridgehead atoms. The van der Waals surface area contributed by atoms with Crippen LogP contribution in [0.3, 0.4) is 0 Å². The quantitative estimate of drug-likeness (QED) is 0.795. The number of rotatable bonds is 2. The summed E-state index contributed by atoms with van der Waals surface area (Å²) in [5.74, 6) is 1.04. The fraction of sp³-hybridized carbons (Fsp3) is 0.933. The van der Waals surface area contributed by atoms with Crippen LogP contribution in [0, 0.1) is 29.1 Å². The Morgan fingerprint density at radius 1 is 1.11 bits per heavy atom. The van der Waals surface area contributed by atoms with Crippen molar-refractivity contribution in [2.45, 2.75) is 46.5 Å². The molecule has 1 saturated heterocycles. The van der Waals surface area contributed by atoms with Crippen LogP contribution >= 0.6 is 0 Å². The van der Waals surface area contributed by atoms with E-state index >= 15 is 0 Å². The largest absolute Gasteiger partial charge is 0.481 e. The molecular formula is C15H27NO2. The van der Waals surface area contributed by atoms with Gasteiger partial charge in [-0.15, -0.1) is 0 Å². The second kappa shape index (κ2) is 5.20. The first-order valence-electron chi connectivity index (χ1n) is 7.33. The fourth-order valence-electron chi connectivity index (χ4n) is 3.88. The molecule has 2 aliphatic rings. The minimum absolute atomic E-state index is 0.152. The number of carboxylic acids is 1. The van der Waals surface area contributed by atoms with Crippen molar-refractivity contribution in [2.24, 2.45) is 29.1 Å². The summed E-state index contributed by atoms with van der Waals surface area (Å²) in [6, 6.07) is 0. The minimum Gasteiger partial charge on any atom is -0.481 e. The average molecular weight is 253 g/mol. The van der Waals surface area contributed by atoms with E-state index in [2.05, 4.69) is 26.1 Å². The third-order valence-corrected chi connectivity index (χ3v) is 5.18. The topological polar surface area (TPSA) is 49.3 Å². The van der Waals surface area contributed by atoms with E-state index in [9.17, 15) is 9.90 Å². The molecule has 2 N–H and O–H groups in total. The second-order valence-corrected chi connectivity index (χ2v) is 7.24. The molecule has 1 heterocycles. The molecule has 0 spiro atoms. The molecule has 1 aliphatic heterocycles. The van der Waals surface area contributed by atoms with Crippen molar-refractivity contribution in [3.05, 3.63) is 0 Å². The van der Waals surface area contributed by atoms with Crippen molar-refractivity contribution >= 4 is 5.97 Å². The molecule has 1 aliphatic carbocycles. The highest BCUT2D eigenvalue weighted by Crippen LogP contribution is 2.43. The smallest absolute Gasteiger partial charge is 0.308 e. The van der Waals surface area contributed by atoms with Gasteiger partial charge in [-0.3, -0.25) is 4.79 Å². The SMILES string of the molecule is CC(C)(C)C1CCC(C2CNCC2C(=O)O)CC1. The maximum atomic E-state index is 11.2. The van der Waals surface area contributed by atoms with Crippen molar-refractivity contribution in [1.82, 2.24) is 5.32 Å². The highest BCUT2D eigenvalue weighted by molar-refractivity contribution is 5.71. The van der Waals surface area contributed by atoms with Crippen LogP contribution in [0.5, 0.6) is 0 Å². The molecule has 0 amide bonds. The Kier molecular flexibility index (Phi) is 4.00. The lowest BCUT2D eigenvalue weighted by atomic mass is 9.66. The Labute approximate surface area is 110 Å². The van der Waals surface area contributed by atoms with E-state index in [1.54, 1.807) is 0 Å². The monoisotopic (exact) mass is 253 g/mol. The standard InChI is InChI=1S/C15H27NO2/c1-15(2,3)11-6-4-10(5-7-11)12-8-16-9-13(12)14(17)18/h10-13,16H,4-9H2,1-3H3,(H,17,18). The molecule has 3 heteroatoms. The zero-order valence-electron chi connectivity index (χ0n) is 11.9. The summed E-state index contributed by atoms with van der Waals surface area (Å²) in [5.41, 5.74) is 0.408. The molecule has 2 fully saturated rings. The van der Waals surface area contributed by atoms with Crippen LogP contribution < -0.4 is 5.32 Å². The van der Waals surface area contributed by atoms with Gasteiger partial charge in [0.1, 0.15) is 0 Å². The van der Waals surface area contributed by atoms with Crippen molar-refractivity contribution < 1.29 is 9.90 Å². The number of hydrogen-bond donors (Lipinski definition) is 2. The second-order valence-electron chi connectivity index (χ2n) is 7.24. The summed E-state index contributed by atoms with van der Waals surface area (Å²) in [6.07, 6.45) is 4.99. The van der Waals surface area contributed by atoms with Gasteiger partial charge >= 0.3 is 5.97 Å². The molecule has 2 unspecified atom stereocenters. The van der Waals surface area contributed by atoms with E-state index in [1.165, 1.54) is 25.7 Å². The Morgan fingerprint density at radius 3 is 2.22 bits per heavy atom. The predicted octanol–water partition coefficient (Wildman–Crippen LogP) is 2.76. The minimum atomic E-state index is -0.608. The normalized spacial score (nSPS) is 37.7. The van der Waals surface area contributed by atoms with Crippen molar-refractivity contribution in [2.75, 3.05) is 13.1 Å². The third-order valence-electron chi connectivity index (χ3n) is 5.18. The summed E-state index contributed by atoms with van der Waals surface area (Å²) in [7, 11) is 0. The number of aliphatic carboxylic acids is 1. The van der Waals surface area contributed by atoms with E-state index in [0.29, 0.717) is 23.8 Å². The van der Waals surface area contributed by atoms with E-state index < -0.39 is 5.97 Å². The Morgan fingerprint density at radius 2 is 1.72 bits per heavy atom. The van der Waals surface area contributed by atoms with Gasteiger partial charge in [0, 0.05) is 6.54 Å². The highest BCUT2D eigenvalue weighted by Gasteiger charge is 2.40. The van der Waals surface area contributed by atoms with Gasteiger partial charge < -0.3 is 10.4 Å². The summed E-state index contributed by atoms with van der Waals surface area (Å²) in [5, 5.41) is 12.5. The lowest BCUT2D eigenvalue weighted by molar-refractivity contribution is -0.143. The lowest BCUT2D eigenvalue weighted by Crippen LogP contribution is -2.33. The van der Waals surface area contributed by atoms with Crippen molar-refractivity contribution in [1.29, 1.82) is 0 Å². The first kappa shape index (κ1) is 13.9. The number of carboxylic acid groups (broad SMARTS) is 1. The molecule has 104 valence electrons. The van der Waals surface area contributed by atoms with Gasteiger partial charge in [-0.2, -0.15) is 0 Å². The average Bonchev–Trinajstić information content (AvgIpc) is 2.77. The molecule has 0 radical (unpaired) electrons. The van der Waals surface area contributed by atoms with Crippen LogP contribution in [0.15, 0.2) is 0 Å². The number of carbonyl (C=O) groups is 1. The van der Waals surface area contributed by atoms with E-state index in [1.807, 2.05) is 0 Å². The summed E-state index contributed by atoms with van der Waals surface area (Å²) in [6.45, 7) is 8.56. The molecule has 2 rings (SSSR count). The zero-order chi connectivity index (χ0) is 13.3. The predicted molar refractivity (Wildman–Crippen MR) is 72.4 cm³/mol. The van der Waals surface area contributed by atoms with Crippen LogP contribution in [0.25, 0.3) is 0 Å². The number of hydrogen-bond acceptors (Lipinski definition) is 2. The Bertz CT molecular complexity index is 300. The van der Waals surface area contributed by atoms with Gasteiger partial charge in [0.15, 0.2) is 0 Å². The molecule has 18 heavy (non-hydrogen) atoms. The molecule has 1 saturated carbocycles. The van der Waals surface area contributed by atoms with Crippen LogP contribution in [0.2, 0.25) is 0 Å². The van der Waals surface area contributed by atoms with Crippen LogP contribution in [0.1, 0.15) is 46.5 Å². The third kappa shape index (κ3) is 2.87. The van der Waals surface area contributed by atoms with Crippen molar-refractivity contribution in [3.63, 3.8) is 0 Å². The van der Waals surface area contributed by atoms with Crippen LogP contribution in [-0.4, -0.2) is 24.2 Å². The van der Waals surface area contributed by atoms with E-state index in [4.69, 9.17) is 0 Å².